The second-order valence-electron chi connectivity index (χ2n) is 2.54. The summed E-state index contributed by atoms with van der Waals surface area (Å²) >= 11 is 9.69. The summed E-state index contributed by atoms with van der Waals surface area (Å²) in [5, 5.41) is 5.84. The van der Waals surface area contributed by atoms with Gasteiger partial charge in [0.1, 0.15) is 6.04 Å². The molecule has 1 atom stereocenters. The van der Waals surface area contributed by atoms with Crippen LogP contribution < -0.4 is 10.6 Å². The van der Waals surface area contributed by atoms with Crippen LogP contribution in [0.25, 0.3) is 0 Å². The molecule has 1 aliphatic heterocycles. The Morgan fingerprint density at radius 3 is 2.77 bits per heavy atom. The van der Waals surface area contributed by atoms with Crippen LogP contribution in [0.1, 0.15) is 10.9 Å². The highest BCUT2D eigenvalue weighted by atomic mass is 79.9. The summed E-state index contributed by atoms with van der Waals surface area (Å²) in [4.78, 5) is 12.3. The third-order valence-corrected chi connectivity index (χ3v) is 3.56. The Kier molecular flexibility index (Phi) is 2.35. The summed E-state index contributed by atoms with van der Waals surface area (Å²) < 4.78 is 1.01. The molecule has 2 N–H and O–H groups in total. The molecule has 0 bridgehead atoms. The number of thiophene rings is 1. The maximum Gasteiger partial charge on any atom is 0.254 e. The first-order valence-corrected chi connectivity index (χ1v) is 5.55. The molecule has 1 aliphatic rings. The molecule has 1 unspecified atom stereocenters. The van der Waals surface area contributed by atoms with Crippen LogP contribution in [-0.4, -0.2) is 11.0 Å². The third-order valence-electron chi connectivity index (χ3n) is 1.65. The molecule has 68 valence electrons. The molecule has 13 heavy (non-hydrogen) atoms. The first-order valence-electron chi connectivity index (χ1n) is 3.53. The molecule has 1 amide bonds. The monoisotopic (exact) mass is 276 g/mol. The number of hydrogen-bond acceptors (Lipinski definition) is 3. The lowest BCUT2D eigenvalue weighted by Crippen LogP contribution is -2.21. The Morgan fingerprint density at radius 2 is 2.31 bits per heavy atom. The highest BCUT2D eigenvalue weighted by molar-refractivity contribution is 9.11. The fraction of sp³-hybridized carbons (Fsp3) is 0.143. The van der Waals surface area contributed by atoms with Gasteiger partial charge in [0.05, 0.1) is 3.79 Å². The van der Waals surface area contributed by atoms with Crippen molar-refractivity contribution < 1.29 is 4.79 Å². The molecule has 3 nitrogen and oxygen atoms in total. The molecule has 0 radical (unpaired) electrons. The van der Waals surface area contributed by atoms with Gasteiger partial charge in [-0.25, -0.2) is 0 Å². The van der Waals surface area contributed by atoms with Crippen LogP contribution in [0.3, 0.4) is 0 Å². The van der Waals surface area contributed by atoms with Gasteiger partial charge in [0.25, 0.3) is 5.91 Å². The lowest BCUT2D eigenvalue weighted by Gasteiger charge is -2.02. The zero-order chi connectivity index (χ0) is 9.42. The molecule has 2 heterocycles. The molecule has 1 aromatic rings. The molecule has 1 saturated heterocycles. The molecular formula is C7H5BrN2OS2. The smallest absolute Gasteiger partial charge is 0.254 e. The fourth-order valence-corrected chi connectivity index (χ4v) is 2.79. The Balaban J connectivity index is 2.27. The minimum atomic E-state index is -0.316. The van der Waals surface area contributed by atoms with E-state index < -0.39 is 0 Å². The molecule has 1 fully saturated rings. The minimum absolute atomic E-state index is 0.0839. The van der Waals surface area contributed by atoms with Gasteiger partial charge in [-0.2, -0.15) is 0 Å². The number of thiocarbonyl (C=S) groups is 1. The number of nitrogens with one attached hydrogen (secondary N) is 2. The van der Waals surface area contributed by atoms with E-state index in [2.05, 4.69) is 26.6 Å². The quantitative estimate of drug-likeness (QED) is 0.765. The summed E-state index contributed by atoms with van der Waals surface area (Å²) in [5.74, 6) is -0.0839. The molecular weight excluding hydrogens is 272 g/mol. The number of hydrogen-bond donors (Lipinski definition) is 2. The summed E-state index contributed by atoms with van der Waals surface area (Å²) in [5.41, 5.74) is 0. The van der Waals surface area contributed by atoms with Crippen molar-refractivity contribution in [2.75, 3.05) is 0 Å². The second-order valence-corrected chi connectivity index (χ2v) is 5.44. The van der Waals surface area contributed by atoms with Gasteiger partial charge in [-0.3, -0.25) is 4.79 Å². The van der Waals surface area contributed by atoms with Gasteiger partial charge in [0.2, 0.25) is 0 Å². The SMILES string of the molecule is O=C1NC(=S)NC1c1ccc(Br)s1. The molecule has 2 rings (SSSR count). The Hall–Kier alpha value is -0.460. The van der Waals surface area contributed by atoms with Crippen molar-refractivity contribution in [2.24, 2.45) is 0 Å². The van der Waals surface area contributed by atoms with E-state index >= 15 is 0 Å². The van der Waals surface area contributed by atoms with Crippen LogP contribution in [-0.2, 0) is 4.79 Å². The van der Waals surface area contributed by atoms with Crippen LogP contribution >= 0.6 is 39.5 Å². The minimum Gasteiger partial charge on any atom is -0.346 e. The normalized spacial score (nSPS) is 21.5. The van der Waals surface area contributed by atoms with Crippen molar-refractivity contribution in [1.29, 1.82) is 0 Å². The summed E-state index contributed by atoms with van der Waals surface area (Å²) in [6.45, 7) is 0. The van der Waals surface area contributed by atoms with Crippen LogP contribution in [0.4, 0.5) is 0 Å². The molecule has 0 saturated carbocycles. The van der Waals surface area contributed by atoms with E-state index in [9.17, 15) is 4.79 Å². The Morgan fingerprint density at radius 1 is 1.54 bits per heavy atom. The van der Waals surface area contributed by atoms with Crippen LogP contribution in [0.2, 0.25) is 0 Å². The predicted octanol–water partition coefficient (Wildman–Crippen LogP) is 1.56. The maximum absolute atomic E-state index is 11.3. The van der Waals surface area contributed by atoms with Gasteiger partial charge in [-0.05, 0) is 40.3 Å². The highest BCUT2D eigenvalue weighted by Gasteiger charge is 2.29. The van der Waals surface area contributed by atoms with Crippen LogP contribution in [0.5, 0.6) is 0 Å². The van der Waals surface area contributed by atoms with Crippen LogP contribution in [0, 0.1) is 0 Å². The standard InChI is InChI=1S/C7H5BrN2OS2/c8-4-2-1-3(13-4)5-6(11)10-7(12)9-5/h1-2,5H,(H2,9,10,11,12). The number of rotatable bonds is 1. The average Bonchev–Trinajstić information content (AvgIpc) is 2.58. The molecule has 0 aliphatic carbocycles. The van der Waals surface area contributed by atoms with Gasteiger partial charge in [-0.15, -0.1) is 11.3 Å². The second kappa shape index (κ2) is 3.36. The van der Waals surface area contributed by atoms with Crippen molar-refractivity contribution in [1.82, 2.24) is 10.6 Å². The molecule has 6 heteroatoms. The zero-order valence-electron chi connectivity index (χ0n) is 6.33. The lowest BCUT2D eigenvalue weighted by atomic mass is 10.2. The van der Waals surface area contributed by atoms with E-state index in [4.69, 9.17) is 12.2 Å². The van der Waals surface area contributed by atoms with Gasteiger partial charge in [0, 0.05) is 4.88 Å². The first-order chi connectivity index (χ1) is 6.16. The molecule has 0 aromatic carbocycles. The highest BCUT2D eigenvalue weighted by Crippen LogP contribution is 2.28. The lowest BCUT2D eigenvalue weighted by molar-refractivity contribution is -0.120. The number of carbonyl (C=O) groups is 1. The predicted molar refractivity (Wildman–Crippen MR) is 58.6 cm³/mol. The number of halogens is 1. The van der Waals surface area contributed by atoms with Gasteiger partial charge in [0.15, 0.2) is 5.11 Å². The van der Waals surface area contributed by atoms with Crippen molar-refractivity contribution in [3.05, 3.63) is 20.8 Å². The van der Waals surface area contributed by atoms with Crippen molar-refractivity contribution in [2.45, 2.75) is 6.04 Å². The molecule has 0 spiro atoms. The van der Waals surface area contributed by atoms with Crippen molar-refractivity contribution >= 4 is 50.5 Å². The van der Waals surface area contributed by atoms with E-state index in [1.807, 2.05) is 12.1 Å². The largest absolute Gasteiger partial charge is 0.346 e. The van der Waals surface area contributed by atoms with Crippen molar-refractivity contribution in [3.63, 3.8) is 0 Å². The summed E-state index contributed by atoms with van der Waals surface area (Å²) in [7, 11) is 0. The fourth-order valence-electron chi connectivity index (χ4n) is 1.10. The third kappa shape index (κ3) is 1.74. The van der Waals surface area contributed by atoms with Gasteiger partial charge < -0.3 is 10.6 Å². The number of carbonyl (C=O) groups excluding carboxylic acids is 1. The Bertz CT molecular complexity index is 376. The first kappa shape index (κ1) is 9.11. The maximum atomic E-state index is 11.3. The average molecular weight is 277 g/mol. The van der Waals surface area contributed by atoms with Crippen LogP contribution in [0.15, 0.2) is 15.9 Å². The van der Waals surface area contributed by atoms with E-state index in [1.165, 1.54) is 11.3 Å². The topological polar surface area (TPSA) is 41.1 Å². The summed E-state index contributed by atoms with van der Waals surface area (Å²) in [6, 6.07) is 3.50. The zero-order valence-corrected chi connectivity index (χ0v) is 9.55. The van der Waals surface area contributed by atoms with Gasteiger partial charge in [-0.1, -0.05) is 0 Å². The molecule has 1 aromatic heterocycles. The Labute approximate surface area is 92.6 Å². The van der Waals surface area contributed by atoms with Crippen molar-refractivity contribution in [3.8, 4) is 0 Å². The van der Waals surface area contributed by atoms with E-state index in [0.29, 0.717) is 5.11 Å². The van der Waals surface area contributed by atoms with E-state index in [-0.39, 0.29) is 11.9 Å². The summed E-state index contributed by atoms with van der Waals surface area (Å²) in [6.07, 6.45) is 0. The van der Waals surface area contributed by atoms with E-state index in [0.717, 1.165) is 8.66 Å². The number of amides is 1. The van der Waals surface area contributed by atoms with Gasteiger partial charge >= 0.3 is 0 Å². The van der Waals surface area contributed by atoms with E-state index in [1.54, 1.807) is 0 Å².